The number of hydrogen-bond donors (Lipinski definition) is 1. The molecule has 1 saturated heterocycles. The van der Waals surface area contributed by atoms with Crippen LogP contribution in [-0.2, 0) is 11.3 Å². The lowest BCUT2D eigenvalue weighted by Crippen LogP contribution is -2.37. The second-order valence-corrected chi connectivity index (χ2v) is 5.58. The van der Waals surface area contributed by atoms with E-state index in [0.717, 1.165) is 6.42 Å². The van der Waals surface area contributed by atoms with Crippen molar-refractivity contribution in [2.75, 3.05) is 32.7 Å². The van der Waals surface area contributed by atoms with Gasteiger partial charge in [-0.15, -0.1) is 0 Å². The lowest BCUT2D eigenvalue weighted by atomic mass is 10.3. The summed E-state index contributed by atoms with van der Waals surface area (Å²) in [6.45, 7) is 5.14. The van der Waals surface area contributed by atoms with Gasteiger partial charge in [0.05, 0.1) is 11.6 Å². The Morgan fingerprint density at radius 1 is 1.29 bits per heavy atom. The number of hydrogen-bond acceptors (Lipinski definition) is 3. The molecule has 2 heterocycles. The maximum absolute atomic E-state index is 12.6. The highest BCUT2D eigenvalue weighted by Crippen LogP contribution is 2.17. The van der Waals surface area contributed by atoms with Crippen LogP contribution in [0.2, 0.25) is 5.02 Å². The van der Waals surface area contributed by atoms with Crippen molar-refractivity contribution in [2.45, 2.75) is 19.9 Å². The molecule has 6 nitrogen and oxygen atoms in total. The van der Waals surface area contributed by atoms with Crippen LogP contribution in [0.15, 0.2) is 12.3 Å². The number of halogens is 1. The fourth-order valence-corrected chi connectivity index (χ4v) is 2.82. The molecule has 1 fully saturated rings. The molecule has 0 atom stereocenters. The Hall–Kier alpha value is -1.53. The highest BCUT2D eigenvalue weighted by Gasteiger charge is 2.23. The van der Waals surface area contributed by atoms with E-state index in [9.17, 15) is 9.59 Å². The number of carboxylic acid groups (broad SMARTS) is 1. The van der Waals surface area contributed by atoms with Crippen LogP contribution in [0.5, 0.6) is 0 Å². The van der Waals surface area contributed by atoms with Crippen molar-refractivity contribution in [3.8, 4) is 0 Å². The highest BCUT2D eigenvalue weighted by molar-refractivity contribution is 6.31. The van der Waals surface area contributed by atoms with Gasteiger partial charge in [-0.3, -0.25) is 14.5 Å². The Morgan fingerprint density at radius 3 is 2.71 bits per heavy atom. The number of aliphatic carboxylic acids is 1. The number of aryl methyl sites for hydroxylation is 1. The summed E-state index contributed by atoms with van der Waals surface area (Å²) in [6, 6.07) is 1.69. The van der Waals surface area contributed by atoms with Crippen LogP contribution in [0.25, 0.3) is 0 Å². The van der Waals surface area contributed by atoms with Gasteiger partial charge in [-0.25, -0.2) is 0 Å². The van der Waals surface area contributed by atoms with Crippen molar-refractivity contribution < 1.29 is 14.7 Å². The zero-order valence-electron chi connectivity index (χ0n) is 12.1. The van der Waals surface area contributed by atoms with Crippen LogP contribution in [0.1, 0.15) is 23.8 Å². The van der Waals surface area contributed by atoms with Crippen molar-refractivity contribution in [2.24, 2.45) is 0 Å². The number of carbonyl (C=O) groups is 2. The van der Waals surface area contributed by atoms with Gasteiger partial charge in [0.25, 0.3) is 5.91 Å². The van der Waals surface area contributed by atoms with E-state index in [1.165, 1.54) is 0 Å². The van der Waals surface area contributed by atoms with E-state index in [4.69, 9.17) is 16.7 Å². The zero-order chi connectivity index (χ0) is 15.4. The number of nitrogens with zero attached hydrogens (tertiary/aromatic N) is 3. The van der Waals surface area contributed by atoms with Crippen molar-refractivity contribution in [3.63, 3.8) is 0 Å². The topological polar surface area (TPSA) is 65.8 Å². The average molecular weight is 314 g/mol. The first-order chi connectivity index (χ1) is 10.0. The van der Waals surface area contributed by atoms with Gasteiger partial charge in [0, 0.05) is 38.9 Å². The minimum atomic E-state index is -0.832. The Balaban J connectivity index is 2.04. The van der Waals surface area contributed by atoms with E-state index in [0.29, 0.717) is 43.4 Å². The van der Waals surface area contributed by atoms with Crippen molar-refractivity contribution >= 4 is 23.5 Å². The molecule has 0 spiro atoms. The van der Waals surface area contributed by atoms with Crippen LogP contribution in [-0.4, -0.2) is 64.1 Å². The van der Waals surface area contributed by atoms with E-state index < -0.39 is 5.97 Å². The fraction of sp³-hybridized carbons (Fsp3) is 0.571. The Bertz CT molecular complexity index is 530. The standard InChI is InChI=1S/C14H20ClN3O3/c1-2-17-9-11(15)8-12(17)14(21)18-5-3-4-16(6-7-18)10-13(19)20/h8-9H,2-7,10H2,1H3,(H,19,20). The molecule has 21 heavy (non-hydrogen) atoms. The summed E-state index contributed by atoms with van der Waals surface area (Å²) in [7, 11) is 0. The minimum absolute atomic E-state index is 0.0270. The molecule has 2 rings (SSSR count). The molecule has 116 valence electrons. The third-order valence-corrected chi connectivity index (χ3v) is 3.86. The van der Waals surface area contributed by atoms with Crippen LogP contribution in [0.4, 0.5) is 0 Å². The number of carboxylic acids is 1. The Kier molecular flexibility index (Phi) is 5.25. The number of aromatic nitrogens is 1. The van der Waals surface area contributed by atoms with Crippen LogP contribution >= 0.6 is 11.6 Å². The van der Waals surface area contributed by atoms with Crippen molar-refractivity contribution in [1.29, 1.82) is 0 Å². The fourth-order valence-electron chi connectivity index (χ4n) is 2.60. The molecular weight excluding hydrogens is 294 g/mol. The predicted molar refractivity (Wildman–Crippen MR) is 79.7 cm³/mol. The number of rotatable bonds is 4. The van der Waals surface area contributed by atoms with Crippen LogP contribution in [0, 0.1) is 0 Å². The molecule has 1 aromatic heterocycles. The first-order valence-corrected chi connectivity index (χ1v) is 7.48. The van der Waals surface area contributed by atoms with Gasteiger partial charge in [-0.2, -0.15) is 0 Å². The molecule has 1 amide bonds. The third-order valence-electron chi connectivity index (χ3n) is 3.66. The van der Waals surface area contributed by atoms with Gasteiger partial charge < -0.3 is 14.6 Å². The van der Waals surface area contributed by atoms with E-state index in [2.05, 4.69) is 0 Å². The third kappa shape index (κ3) is 3.98. The molecule has 0 aromatic carbocycles. The Morgan fingerprint density at radius 2 is 2.05 bits per heavy atom. The SMILES string of the molecule is CCn1cc(Cl)cc1C(=O)N1CCCN(CC(=O)O)CC1. The summed E-state index contributed by atoms with van der Waals surface area (Å²) in [5.41, 5.74) is 0.592. The average Bonchev–Trinajstić information content (AvgIpc) is 2.66. The Labute approximate surface area is 128 Å². The maximum Gasteiger partial charge on any atom is 0.317 e. The molecule has 0 aliphatic carbocycles. The summed E-state index contributed by atoms with van der Waals surface area (Å²) in [4.78, 5) is 27.0. The monoisotopic (exact) mass is 313 g/mol. The van der Waals surface area contributed by atoms with Crippen molar-refractivity contribution in [1.82, 2.24) is 14.4 Å². The van der Waals surface area contributed by atoms with Gasteiger partial charge in [0.15, 0.2) is 0 Å². The van der Waals surface area contributed by atoms with E-state index >= 15 is 0 Å². The molecular formula is C14H20ClN3O3. The smallest absolute Gasteiger partial charge is 0.317 e. The van der Waals surface area contributed by atoms with E-state index in [1.807, 2.05) is 16.4 Å². The highest BCUT2D eigenvalue weighted by atomic mass is 35.5. The summed E-state index contributed by atoms with van der Waals surface area (Å²) >= 11 is 5.97. The normalized spacial score (nSPS) is 16.8. The quantitative estimate of drug-likeness (QED) is 0.912. The molecule has 1 aromatic rings. The zero-order valence-corrected chi connectivity index (χ0v) is 12.8. The number of amides is 1. The summed E-state index contributed by atoms with van der Waals surface area (Å²) in [5, 5.41) is 9.40. The molecule has 1 aliphatic rings. The number of carbonyl (C=O) groups excluding carboxylic acids is 1. The summed E-state index contributed by atoms with van der Waals surface area (Å²) < 4.78 is 1.84. The van der Waals surface area contributed by atoms with E-state index in [-0.39, 0.29) is 12.5 Å². The summed E-state index contributed by atoms with van der Waals surface area (Å²) in [5.74, 6) is -0.873. The molecule has 0 radical (unpaired) electrons. The minimum Gasteiger partial charge on any atom is -0.480 e. The summed E-state index contributed by atoms with van der Waals surface area (Å²) in [6.07, 6.45) is 2.53. The molecule has 0 unspecified atom stereocenters. The molecule has 7 heteroatoms. The molecule has 0 bridgehead atoms. The molecule has 0 saturated carbocycles. The molecule has 1 N–H and O–H groups in total. The maximum atomic E-state index is 12.6. The van der Waals surface area contributed by atoms with Gasteiger partial charge in [-0.05, 0) is 19.4 Å². The largest absolute Gasteiger partial charge is 0.480 e. The van der Waals surface area contributed by atoms with E-state index in [1.54, 1.807) is 17.2 Å². The lowest BCUT2D eigenvalue weighted by molar-refractivity contribution is -0.138. The van der Waals surface area contributed by atoms with Crippen LogP contribution in [0.3, 0.4) is 0 Å². The van der Waals surface area contributed by atoms with Crippen molar-refractivity contribution in [3.05, 3.63) is 23.0 Å². The van der Waals surface area contributed by atoms with Gasteiger partial charge in [0.1, 0.15) is 5.69 Å². The lowest BCUT2D eigenvalue weighted by Gasteiger charge is -2.21. The van der Waals surface area contributed by atoms with Gasteiger partial charge in [-0.1, -0.05) is 11.6 Å². The van der Waals surface area contributed by atoms with Gasteiger partial charge >= 0.3 is 5.97 Å². The second-order valence-electron chi connectivity index (χ2n) is 5.15. The van der Waals surface area contributed by atoms with Gasteiger partial charge in [0.2, 0.25) is 0 Å². The second kappa shape index (κ2) is 6.95. The predicted octanol–water partition coefficient (Wildman–Crippen LogP) is 1.39. The molecule has 1 aliphatic heterocycles. The first kappa shape index (κ1) is 15.9. The first-order valence-electron chi connectivity index (χ1n) is 7.10. The van der Waals surface area contributed by atoms with Crippen LogP contribution < -0.4 is 0 Å².